The number of likely N-dealkylation sites (N-methyl/N-ethyl adjacent to an activating group) is 1. The fourth-order valence-corrected chi connectivity index (χ4v) is 6.18. The van der Waals surface area contributed by atoms with E-state index < -0.39 is 10.1 Å². The Kier molecular flexibility index (Phi) is 9.82. The first-order valence-electron chi connectivity index (χ1n) is 15.0. The van der Waals surface area contributed by atoms with Crippen molar-refractivity contribution in [1.82, 2.24) is 24.6 Å². The number of nitrogens with one attached hydrogen (secondary N) is 1. The highest BCUT2D eigenvalue weighted by atomic mass is 32.2. The average molecular weight is 638 g/mol. The van der Waals surface area contributed by atoms with Crippen LogP contribution in [-0.4, -0.2) is 82.1 Å². The van der Waals surface area contributed by atoms with Crippen molar-refractivity contribution in [3.05, 3.63) is 77.5 Å². The summed E-state index contributed by atoms with van der Waals surface area (Å²) in [5.41, 5.74) is 4.68. The van der Waals surface area contributed by atoms with Gasteiger partial charge >= 0.3 is 0 Å². The zero-order valence-corrected chi connectivity index (χ0v) is 26.8. The van der Waals surface area contributed by atoms with Crippen LogP contribution in [0.3, 0.4) is 0 Å². The third-order valence-electron chi connectivity index (χ3n) is 8.35. The van der Waals surface area contributed by atoms with Crippen LogP contribution in [-0.2, 0) is 16.5 Å². The maximum atomic E-state index is 15.4. The van der Waals surface area contributed by atoms with Crippen LogP contribution < -0.4 is 10.2 Å². The molecule has 0 saturated carbocycles. The zero-order chi connectivity index (χ0) is 32.3. The molecule has 0 spiro atoms. The number of anilines is 3. The largest absolute Gasteiger partial charge is 0.395 e. The summed E-state index contributed by atoms with van der Waals surface area (Å²) in [5, 5.41) is 16.8. The fourth-order valence-electron chi connectivity index (χ4n) is 5.65. The van der Waals surface area contributed by atoms with Crippen molar-refractivity contribution in [2.45, 2.75) is 57.0 Å². The van der Waals surface area contributed by atoms with Gasteiger partial charge in [0, 0.05) is 67.3 Å². The molecule has 5 rings (SSSR count). The summed E-state index contributed by atoms with van der Waals surface area (Å²) >= 11 is 0. The smallest absolute Gasteiger partial charge is 0.294 e. The Morgan fingerprint density at radius 3 is 2.51 bits per heavy atom. The Labute approximate surface area is 263 Å². The van der Waals surface area contributed by atoms with Gasteiger partial charge in [-0.05, 0) is 82.1 Å². The first kappa shape index (κ1) is 32.5. The molecule has 2 aromatic carbocycles. The molecular weight excluding hydrogens is 597 g/mol. The standard InChI is InChI=1S/C32H40FN7O4S/c1-21(2)40-20-25(19-35-40)31-24(15-23-16-28(45(42,43)44)7-5-22(23)3)18-34-32(37-31)36-26-6-8-30(29(33)17-26)39-11-9-27(10-12-39)38(4)13-14-41/h5-8,16-21,27,41H,9-15H2,1-4H3,(H,34,36,37)(H,42,43,44). The van der Waals surface area contributed by atoms with Crippen molar-refractivity contribution in [2.24, 2.45) is 0 Å². The van der Waals surface area contributed by atoms with Crippen LogP contribution in [0.1, 0.15) is 49.4 Å². The molecule has 3 heterocycles. The lowest BCUT2D eigenvalue weighted by Gasteiger charge is -2.37. The van der Waals surface area contributed by atoms with E-state index in [0.717, 1.165) is 42.6 Å². The van der Waals surface area contributed by atoms with Crippen LogP contribution in [0.15, 0.2) is 59.9 Å². The molecular formula is C32H40FN7O4S. The molecule has 13 heteroatoms. The van der Waals surface area contributed by atoms with Crippen molar-refractivity contribution in [1.29, 1.82) is 0 Å². The SMILES string of the molecule is Cc1ccc(S(=O)(=O)O)cc1Cc1cnc(Nc2ccc(N3CCC(N(C)CCO)CC3)c(F)c2)nc1-c1cnn(C(C)C)c1. The van der Waals surface area contributed by atoms with Gasteiger partial charge in [0.2, 0.25) is 5.95 Å². The van der Waals surface area contributed by atoms with E-state index in [4.69, 9.17) is 4.98 Å². The maximum absolute atomic E-state index is 15.4. The average Bonchev–Trinajstić information content (AvgIpc) is 3.50. The molecule has 0 bridgehead atoms. The highest BCUT2D eigenvalue weighted by Gasteiger charge is 2.24. The Hall–Kier alpha value is -3.91. The van der Waals surface area contributed by atoms with E-state index in [1.807, 2.05) is 38.7 Å². The summed E-state index contributed by atoms with van der Waals surface area (Å²) in [6.45, 7) is 8.12. The van der Waals surface area contributed by atoms with Crippen LogP contribution in [0.2, 0.25) is 0 Å². The van der Waals surface area contributed by atoms with Crippen LogP contribution >= 0.6 is 0 Å². The van der Waals surface area contributed by atoms with E-state index >= 15 is 4.39 Å². The lowest BCUT2D eigenvalue weighted by atomic mass is 9.99. The highest BCUT2D eigenvalue weighted by Crippen LogP contribution is 2.30. The monoisotopic (exact) mass is 637 g/mol. The van der Waals surface area contributed by atoms with Crippen LogP contribution in [0.25, 0.3) is 11.3 Å². The number of aliphatic hydroxyl groups excluding tert-OH is 1. The number of halogens is 1. The van der Waals surface area contributed by atoms with Gasteiger partial charge in [0.15, 0.2) is 0 Å². The number of aliphatic hydroxyl groups is 1. The van der Waals surface area contributed by atoms with Gasteiger partial charge in [-0.25, -0.2) is 14.4 Å². The van der Waals surface area contributed by atoms with E-state index in [-0.39, 0.29) is 29.3 Å². The van der Waals surface area contributed by atoms with Crippen molar-refractivity contribution < 1.29 is 22.5 Å². The minimum Gasteiger partial charge on any atom is -0.395 e. The predicted molar refractivity (Wildman–Crippen MR) is 172 cm³/mol. The van der Waals surface area contributed by atoms with Gasteiger partial charge in [0.05, 0.1) is 29.1 Å². The molecule has 0 atom stereocenters. The first-order chi connectivity index (χ1) is 21.4. The molecule has 1 aliphatic heterocycles. The Morgan fingerprint density at radius 1 is 1.11 bits per heavy atom. The van der Waals surface area contributed by atoms with Crippen molar-refractivity contribution in [3.63, 3.8) is 0 Å². The van der Waals surface area contributed by atoms with E-state index in [1.54, 1.807) is 30.6 Å². The van der Waals surface area contributed by atoms with Crippen LogP contribution in [0.4, 0.5) is 21.7 Å². The molecule has 0 amide bonds. The minimum atomic E-state index is -4.36. The van der Waals surface area contributed by atoms with Gasteiger partial charge in [0.1, 0.15) is 5.82 Å². The molecule has 0 unspecified atom stereocenters. The summed E-state index contributed by atoms with van der Waals surface area (Å²) in [4.78, 5) is 13.3. The van der Waals surface area contributed by atoms with Crippen molar-refractivity contribution in [2.75, 3.05) is 43.5 Å². The number of nitrogens with zero attached hydrogens (tertiary/aromatic N) is 6. The topological polar surface area (TPSA) is 137 Å². The molecule has 4 aromatic rings. The van der Waals surface area contributed by atoms with Gasteiger partial charge < -0.3 is 20.2 Å². The van der Waals surface area contributed by atoms with Crippen LogP contribution in [0.5, 0.6) is 0 Å². The second kappa shape index (κ2) is 13.6. The predicted octanol–water partition coefficient (Wildman–Crippen LogP) is 4.84. The van der Waals surface area contributed by atoms with E-state index in [9.17, 15) is 18.1 Å². The van der Waals surface area contributed by atoms with Crippen molar-refractivity contribution >= 4 is 27.4 Å². The summed E-state index contributed by atoms with van der Waals surface area (Å²) < 4.78 is 50.3. The van der Waals surface area contributed by atoms with E-state index in [0.29, 0.717) is 41.6 Å². The molecule has 1 saturated heterocycles. The van der Waals surface area contributed by atoms with Gasteiger partial charge in [-0.1, -0.05) is 6.07 Å². The summed E-state index contributed by atoms with van der Waals surface area (Å²) in [6.07, 6.45) is 7.38. The van der Waals surface area contributed by atoms with E-state index in [2.05, 4.69) is 25.2 Å². The Bertz CT molecular complexity index is 1750. The van der Waals surface area contributed by atoms with Gasteiger partial charge in [-0.3, -0.25) is 9.23 Å². The van der Waals surface area contributed by atoms with Gasteiger partial charge in [0.25, 0.3) is 10.1 Å². The van der Waals surface area contributed by atoms with Crippen LogP contribution in [0, 0.1) is 12.7 Å². The third-order valence-corrected chi connectivity index (χ3v) is 9.20. The Balaban J connectivity index is 1.39. The number of aryl methyl sites for hydroxylation is 1. The molecule has 2 aromatic heterocycles. The van der Waals surface area contributed by atoms with E-state index in [1.165, 1.54) is 18.2 Å². The second-order valence-electron chi connectivity index (χ2n) is 11.8. The van der Waals surface area contributed by atoms with Crippen molar-refractivity contribution in [3.8, 4) is 11.3 Å². The fraction of sp³-hybridized carbons (Fsp3) is 0.406. The number of aromatic nitrogens is 4. The summed E-state index contributed by atoms with van der Waals surface area (Å²) in [6, 6.07) is 9.99. The minimum absolute atomic E-state index is 0.125. The van der Waals surface area contributed by atoms with Gasteiger partial charge in [-0.2, -0.15) is 13.5 Å². The first-order valence-corrected chi connectivity index (χ1v) is 16.5. The number of rotatable bonds is 11. The zero-order valence-electron chi connectivity index (χ0n) is 26.0. The number of benzene rings is 2. The quantitative estimate of drug-likeness (QED) is 0.196. The number of hydrogen-bond acceptors (Lipinski definition) is 9. The van der Waals surface area contributed by atoms with Gasteiger partial charge in [-0.15, -0.1) is 0 Å². The number of hydrogen-bond donors (Lipinski definition) is 3. The summed E-state index contributed by atoms with van der Waals surface area (Å²) in [7, 11) is -2.35. The second-order valence-corrected chi connectivity index (χ2v) is 13.2. The molecule has 11 nitrogen and oxygen atoms in total. The molecule has 0 aliphatic carbocycles. The number of piperidine rings is 1. The highest BCUT2D eigenvalue weighted by molar-refractivity contribution is 7.85. The lowest BCUT2D eigenvalue weighted by molar-refractivity contribution is 0.161. The molecule has 1 aliphatic rings. The summed E-state index contributed by atoms with van der Waals surface area (Å²) in [5.74, 6) is -0.0688. The Morgan fingerprint density at radius 2 is 1.87 bits per heavy atom. The molecule has 45 heavy (non-hydrogen) atoms. The lowest BCUT2D eigenvalue weighted by Crippen LogP contribution is -2.44. The molecule has 1 fully saturated rings. The maximum Gasteiger partial charge on any atom is 0.294 e. The molecule has 3 N–H and O–H groups in total. The third kappa shape index (κ3) is 7.67. The molecule has 0 radical (unpaired) electrons. The molecule has 240 valence electrons. The normalized spacial score (nSPS) is 14.5.